The lowest BCUT2D eigenvalue weighted by Crippen LogP contribution is -2.21. The van der Waals surface area contributed by atoms with E-state index in [1.807, 2.05) is 18.2 Å². The summed E-state index contributed by atoms with van der Waals surface area (Å²) in [5.41, 5.74) is 4.88. The van der Waals surface area contributed by atoms with Crippen molar-refractivity contribution >= 4 is 35.2 Å². The van der Waals surface area contributed by atoms with E-state index in [0.29, 0.717) is 0 Å². The monoisotopic (exact) mass is 355 g/mol. The molecule has 2 aromatic carbocycles. The van der Waals surface area contributed by atoms with E-state index in [0.717, 1.165) is 23.3 Å². The first-order chi connectivity index (χ1) is 11.4. The molecule has 0 radical (unpaired) electrons. The van der Waals surface area contributed by atoms with Crippen LogP contribution in [-0.4, -0.2) is 17.0 Å². The standard InChI is InChI=1S/C19H23N3P2/c1-13-8-9-14(16(10-13)19(2,23)24)11-22(3)18-15-6-4-5-7-17(15)20-12-21-18/h4-10,12H,11,23-24H2,1-3H3. The van der Waals surface area contributed by atoms with Gasteiger partial charge in [0.25, 0.3) is 0 Å². The van der Waals surface area contributed by atoms with Crippen molar-refractivity contribution in [1.29, 1.82) is 0 Å². The third kappa shape index (κ3) is 3.58. The minimum absolute atomic E-state index is 0.0457. The Bertz CT molecular complexity index is 867. The Morgan fingerprint density at radius 1 is 1.08 bits per heavy atom. The maximum atomic E-state index is 4.52. The first-order valence-electron chi connectivity index (χ1n) is 7.95. The van der Waals surface area contributed by atoms with Gasteiger partial charge in [-0.3, -0.25) is 0 Å². The van der Waals surface area contributed by atoms with Gasteiger partial charge >= 0.3 is 0 Å². The van der Waals surface area contributed by atoms with Gasteiger partial charge in [-0.15, -0.1) is 18.5 Å². The Labute approximate surface area is 148 Å². The van der Waals surface area contributed by atoms with E-state index in [4.69, 9.17) is 0 Å². The molecule has 1 aromatic heterocycles. The lowest BCUT2D eigenvalue weighted by Gasteiger charge is -2.27. The molecule has 0 aliphatic rings. The van der Waals surface area contributed by atoms with Gasteiger partial charge < -0.3 is 4.90 Å². The highest BCUT2D eigenvalue weighted by Crippen LogP contribution is 2.40. The number of para-hydroxylation sites is 1. The number of aromatic nitrogens is 2. The van der Waals surface area contributed by atoms with Crippen LogP contribution in [0.4, 0.5) is 5.82 Å². The van der Waals surface area contributed by atoms with Gasteiger partial charge in [0.15, 0.2) is 0 Å². The Balaban J connectivity index is 1.99. The molecule has 3 aromatic rings. The minimum atomic E-state index is -0.0457. The van der Waals surface area contributed by atoms with Crippen molar-refractivity contribution in [1.82, 2.24) is 9.97 Å². The normalized spacial score (nSPS) is 11.7. The zero-order valence-corrected chi connectivity index (χ0v) is 16.6. The molecule has 2 atom stereocenters. The summed E-state index contributed by atoms with van der Waals surface area (Å²) in [6, 6.07) is 14.8. The molecule has 0 saturated heterocycles. The molecule has 0 amide bonds. The fraction of sp³-hybridized carbons (Fsp3) is 0.263. The number of hydrogen-bond acceptors (Lipinski definition) is 3. The largest absolute Gasteiger partial charge is 0.355 e. The molecule has 0 N–H and O–H groups in total. The lowest BCUT2D eigenvalue weighted by atomic mass is 10.0. The third-order valence-electron chi connectivity index (χ3n) is 4.14. The van der Waals surface area contributed by atoms with Crippen LogP contribution in [0.2, 0.25) is 0 Å². The third-order valence-corrected chi connectivity index (χ3v) is 4.76. The Morgan fingerprint density at radius 2 is 1.83 bits per heavy atom. The molecule has 5 heteroatoms. The molecule has 0 aliphatic carbocycles. The van der Waals surface area contributed by atoms with Gasteiger partial charge in [0.2, 0.25) is 0 Å². The molecule has 0 fully saturated rings. The summed E-state index contributed by atoms with van der Waals surface area (Å²) in [5.74, 6) is 0.960. The van der Waals surface area contributed by atoms with Crippen LogP contribution in [0.25, 0.3) is 10.9 Å². The second-order valence-electron chi connectivity index (χ2n) is 6.51. The van der Waals surface area contributed by atoms with Gasteiger partial charge in [-0.05, 0) is 37.1 Å². The van der Waals surface area contributed by atoms with Gasteiger partial charge in [0, 0.05) is 23.9 Å². The first-order valence-corrected chi connectivity index (χ1v) is 9.10. The van der Waals surface area contributed by atoms with Crippen molar-refractivity contribution in [2.75, 3.05) is 11.9 Å². The SMILES string of the molecule is Cc1ccc(CN(C)c2ncnc3ccccc23)c(C(C)(P)P)c1. The Kier molecular flexibility index (Phi) is 4.85. The van der Waals surface area contributed by atoms with Crippen LogP contribution in [0.5, 0.6) is 0 Å². The smallest absolute Gasteiger partial charge is 0.139 e. The predicted octanol–water partition coefficient (Wildman–Crippen LogP) is 4.50. The number of anilines is 1. The van der Waals surface area contributed by atoms with E-state index in [1.54, 1.807) is 6.33 Å². The van der Waals surface area contributed by atoms with Crippen LogP contribution in [0, 0.1) is 6.92 Å². The summed E-state index contributed by atoms with van der Waals surface area (Å²) in [6.07, 6.45) is 1.64. The zero-order chi connectivity index (χ0) is 17.3. The van der Waals surface area contributed by atoms with Crippen LogP contribution in [0.3, 0.4) is 0 Å². The van der Waals surface area contributed by atoms with Gasteiger partial charge in [-0.2, -0.15) is 0 Å². The molecule has 2 unspecified atom stereocenters. The van der Waals surface area contributed by atoms with E-state index in [1.165, 1.54) is 16.7 Å². The summed E-state index contributed by atoms with van der Waals surface area (Å²) >= 11 is 0. The highest BCUT2D eigenvalue weighted by atomic mass is 31.1. The van der Waals surface area contributed by atoms with E-state index in [2.05, 4.69) is 78.5 Å². The molecule has 124 valence electrons. The number of rotatable bonds is 4. The summed E-state index contributed by atoms with van der Waals surface area (Å²) in [4.78, 5) is 11.0. The summed E-state index contributed by atoms with van der Waals surface area (Å²) in [7, 11) is 7.92. The molecule has 1 heterocycles. The predicted molar refractivity (Wildman–Crippen MR) is 110 cm³/mol. The van der Waals surface area contributed by atoms with E-state index >= 15 is 0 Å². The van der Waals surface area contributed by atoms with Crippen molar-refractivity contribution in [3.63, 3.8) is 0 Å². The highest BCUT2D eigenvalue weighted by Gasteiger charge is 2.20. The Morgan fingerprint density at radius 3 is 2.58 bits per heavy atom. The van der Waals surface area contributed by atoms with Crippen LogP contribution >= 0.6 is 18.5 Å². The van der Waals surface area contributed by atoms with Crippen molar-refractivity contribution in [2.45, 2.75) is 25.3 Å². The van der Waals surface area contributed by atoms with E-state index in [9.17, 15) is 0 Å². The molecular formula is C19H23N3P2. The number of aryl methyl sites for hydroxylation is 1. The van der Waals surface area contributed by atoms with Crippen molar-refractivity contribution in [3.8, 4) is 0 Å². The molecule has 3 rings (SSSR count). The first kappa shape index (κ1) is 17.3. The van der Waals surface area contributed by atoms with Crippen molar-refractivity contribution in [2.24, 2.45) is 0 Å². The second-order valence-corrected chi connectivity index (χ2v) is 9.58. The second kappa shape index (κ2) is 6.75. The molecule has 0 spiro atoms. The maximum absolute atomic E-state index is 4.52. The van der Waals surface area contributed by atoms with Crippen molar-refractivity contribution in [3.05, 3.63) is 65.5 Å². The molecule has 24 heavy (non-hydrogen) atoms. The number of hydrogen-bond donors (Lipinski definition) is 0. The van der Waals surface area contributed by atoms with Crippen LogP contribution in [-0.2, 0) is 11.4 Å². The van der Waals surface area contributed by atoms with Crippen LogP contribution < -0.4 is 4.90 Å². The quantitative estimate of drug-likeness (QED) is 0.646. The number of nitrogens with zero attached hydrogens (tertiary/aromatic N) is 3. The minimum Gasteiger partial charge on any atom is -0.355 e. The molecule has 0 aliphatic heterocycles. The average molecular weight is 355 g/mol. The maximum Gasteiger partial charge on any atom is 0.139 e. The van der Waals surface area contributed by atoms with Crippen LogP contribution in [0.15, 0.2) is 48.8 Å². The highest BCUT2D eigenvalue weighted by molar-refractivity contribution is 7.38. The summed E-state index contributed by atoms with van der Waals surface area (Å²) in [6.45, 7) is 5.13. The lowest BCUT2D eigenvalue weighted by molar-refractivity contribution is 0.867. The average Bonchev–Trinajstić information content (AvgIpc) is 2.55. The molecule has 3 nitrogen and oxygen atoms in total. The van der Waals surface area contributed by atoms with Gasteiger partial charge in [0.1, 0.15) is 12.1 Å². The topological polar surface area (TPSA) is 29.0 Å². The fourth-order valence-electron chi connectivity index (χ4n) is 2.95. The summed E-state index contributed by atoms with van der Waals surface area (Å²) in [5, 5.41) is 1.08. The zero-order valence-electron chi connectivity index (χ0n) is 14.3. The summed E-state index contributed by atoms with van der Waals surface area (Å²) < 4.78 is 0. The molecule has 0 saturated carbocycles. The van der Waals surface area contributed by atoms with E-state index < -0.39 is 0 Å². The number of benzene rings is 2. The van der Waals surface area contributed by atoms with E-state index in [-0.39, 0.29) is 4.90 Å². The molecule has 0 bridgehead atoms. The Hall–Kier alpha value is -1.56. The fourth-order valence-corrected chi connectivity index (χ4v) is 3.49. The van der Waals surface area contributed by atoms with Crippen molar-refractivity contribution < 1.29 is 0 Å². The van der Waals surface area contributed by atoms with Gasteiger partial charge in [0.05, 0.1) is 5.52 Å². The van der Waals surface area contributed by atoms with Gasteiger partial charge in [-0.25, -0.2) is 9.97 Å². The van der Waals surface area contributed by atoms with Gasteiger partial charge in [-0.1, -0.05) is 35.9 Å². The molecular weight excluding hydrogens is 332 g/mol. The van der Waals surface area contributed by atoms with Crippen LogP contribution in [0.1, 0.15) is 23.6 Å². The number of fused-ring (bicyclic) bond motifs is 1.